The predicted molar refractivity (Wildman–Crippen MR) is 73.0 cm³/mol. The highest BCUT2D eigenvalue weighted by Crippen LogP contribution is 2.26. The monoisotopic (exact) mass is 297 g/mol. The van der Waals surface area contributed by atoms with E-state index in [1.54, 1.807) is 24.3 Å². The van der Waals surface area contributed by atoms with Gasteiger partial charge in [0.15, 0.2) is 4.87 Å². The summed E-state index contributed by atoms with van der Waals surface area (Å²) in [7, 11) is 0. The normalized spacial score (nSPS) is 22.2. The summed E-state index contributed by atoms with van der Waals surface area (Å²) in [5.41, 5.74) is 0.817. The number of carbonyl (C=O) groups is 2. The first-order valence-electron chi connectivity index (χ1n) is 5.40. The molecule has 0 fully saturated rings. The maximum Gasteiger partial charge on any atom is 0.334 e. The first-order valence-corrected chi connectivity index (χ1v) is 6.15. The van der Waals surface area contributed by atoms with Gasteiger partial charge in [-0.25, -0.2) is 9.79 Å². The zero-order valence-electron chi connectivity index (χ0n) is 9.64. The van der Waals surface area contributed by atoms with E-state index in [9.17, 15) is 14.7 Å². The van der Waals surface area contributed by atoms with Gasteiger partial charge in [0.1, 0.15) is 0 Å². The third kappa shape index (κ3) is 2.85. The van der Waals surface area contributed by atoms with Crippen molar-refractivity contribution in [3.8, 4) is 0 Å². The SMILES string of the molecule is O=C1C=CC(Cl)(C(=O)O)C(Cc2cccc(Cl)c2)=N1. The van der Waals surface area contributed by atoms with Gasteiger partial charge in [-0.2, -0.15) is 0 Å². The van der Waals surface area contributed by atoms with Gasteiger partial charge in [-0.05, 0) is 23.8 Å². The van der Waals surface area contributed by atoms with Gasteiger partial charge in [-0.15, -0.1) is 0 Å². The average Bonchev–Trinajstić information content (AvgIpc) is 2.34. The van der Waals surface area contributed by atoms with Crippen LogP contribution in [0.1, 0.15) is 5.56 Å². The van der Waals surface area contributed by atoms with Crippen LogP contribution in [0.3, 0.4) is 0 Å². The Morgan fingerprint density at radius 2 is 2.16 bits per heavy atom. The summed E-state index contributed by atoms with van der Waals surface area (Å²) in [6, 6.07) is 6.86. The number of carboxylic acid groups (broad SMARTS) is 1. The molecule has 1 unspecified atom stereocenters. The van der Waals surface area contributed by atoms with E-state index in [1.165, 1.54) is 0 Å². The molecule has 0 spiro atoms. The summed E-state index contributed by atoms with van der Waals surface area (Å²) in [6.07, 6.45) is 2.35. The lowest BCUT2D eigenvalue weighted by atomic mass is 9.93. The first-order chi connectivity index (χ1) is 8.91. The molecule has 6 heteroatoms. The molecule has 0 aromatic heterocycles. The van der Waals surface area contributed by atoms with Crippen molar-refractivity contribution in [3.63, 3.8) is 0 Å². The number of halogens is 2. The smallest absolute Gasteiger partial charge is 0.334 e. The van der Waals surface area contributed by atoms with Crippen LogP contribution in [-0.4, -0.2) is 27.6 Å². The lowest BCUT2D eigenvalue weighted by Crippen LogP contribution is -2.42. The summed E-state index contributed by atoms with van der Waals surface area (Å²) in [4.78, 5) is 24.5. The Labute approximate surface area is 119 Å². The molecule has 0 aliphatic carbocycles. The molecule has 1 aromatic rings. The molecule has 1 amide bonds. The van der Waals surface area contributed by atoms with Crippen molar-refractivity contribution >= 4 is 40.8 Å². The number of hydrogen-bond donors (Lipinski definition) is 1. The molecule has 1 aliphatic rings. The molecule has 98 valence electrons. The molecular weight excluding hydrogens is 289 g/mol. The number of hydrogen-bond acceptors (Lipinski definition) is 2. The first kappa shape index (κ1) is 13.8. The van der Waals surface area contributed by atoms with E-state index in [0.29, 0.717) is 5.02 Å². The highest BCUT2D eigenvalue weighted by molar-refractivity contribution is 6.49. The van der Waals surface area contributed by atoms with Crippen LogP contribution in [0.2, 0.25) is 5.02 Å². The molecule has 1 heterocycles. The van der Waals surface area contributed by atoms with Gasteiger partial charge in [-0.1, -0.05) is 35.3 Å². The Balaban J connectivity index is 2.36. The van der Waals surface area contributed by atoms with E-state index in [0.717, 1.165) is 17.7 Å². The van der Waals surface area contributed by atoms with Crippen molar-refractivity contribution in [2.75, 3.05) is 0 Å². The zero-order chi connectivity index (χ0) is 14.0. The van der Waals surface area contributed by atoms with Crippen LogP contribution in [0.5, 0.6) is 0 Å². The summed E-state index contributed by atoms with van der Waals surface area (Å²) < 4.78 is 0. The maximum absolute atomic E-state index is 11.3. The molecule has 1 atom stereocenters. The lowest BCUT2D eigenvalue weighted by Gasteiger charge is -2.23. The van der Waals surface area contributed by atoms with Crippen molar-refractivity contribution in [1.82, 2.24) is 0 Å². The third-order valence-electron chi connectivity index (χ3n) is 2.69. The van der Waals surface area contributed by atoms with Gasteiger partial charge in [-0.3, -0.25) is 4.79 Å². The fraction of sp³-hybridized carbons (Fsp3) is 0.154. The van der Waals surface area contributed by atoms with Gasteiger partial charge in [0.25, 0.3) is 5.91 Å². The largest absolute Gasteiger partial charge is 0.479 e. The molecule has 1 aliphatic heterocycles. The minimum Gasteiger partial charge on any atom is -0.479 e. The van der Waals surface area contributed by atoms with Crippen LogP contribution >= 0.6 is 23.2 Å². The van der Waals surface area contributed by atoms with Crippen molar-refractivity contribution < 1.29 is 14.7 Å². The zero-order valence-corrected chi connectivity index (χ0v) is 11.1. The number of benzene rings is 1. The van der Waals surface area contributed by atoms with Gasteiger partial charge < -0.3 is 5.11 Å². The van der Waals surface area contributed by atoms with E-state index in [2.05, 4.69) is 4.99 Å². The van der Waals surface area contributed by atoms with Crippen molar-refractivity contribution in [1.29, 1.82) is 0 Å². The molecule has 4 nitrogen and oxygen atoms in total. The molecule has 0 saturated carbocycles. The third-order valence-corrected chi connectivity index (χ3v) is 3.43. The standard InChI is InChI=1S/C13H9Cl2NO3/c14-9-3-1-2-8(6-9)7-10-13(15,12(18)19)5-4-11(17)16-10/h1-6H,7H2,(H,18,19). The number of rotatable bonds is 3. The molecule has 1 aromatic carbocycles. The van der Waals surface area contributed by atoms with E-state index in [-0.39, 0.29) is 12.1 Å². The van der Waals surface area contributed by atoms with Crippen LogP contribution in [-0.2, 0) is 16.0 Å². The molecular formula is C13H9Cl2NO3. The van der Waals surface area contributed by atoms with Crippen LogP contribution in [0, 0.1) is 0 Å². The minimum atomic E-state index is -1.78. The number of carbonyl (C=O) groups excluding carboxylic acids is 1. The van der Waals surface area contributed by atoms with Crippen molar-refractivity contribution in [2.24, 2.45) is 4.99 Å². The number of aliphatic imine (C=N–C) groups is 1. The van der Waals surface area contributed by atoms with E-state index < -0.39 is 16.8 Å². The van der Waals surface area contributed by atoms with Crippen LogP contribution in [0.15, 0.2) is 41.4 Å². The van der Waals surface area contributed by atoms with Gasteiger partial charge in [0.05, 0.1) is 5.71 Å². The Hall–Kier alpha value is -1.65. The number of dihydropyridines is 1. The number of alkyl halides is 1. The van der Waals surface area contributed by atoms with Crippen LogP contribution in [0.25, 0.3) is 0 Å². The van der Waals surface area contributed by atoms with Gasteiger partial charge >= 0.3 is 5.97 Å². The molecule has 2 rings (SSSR count). The predicted octanol–water partition coefficient (Wildman–Crippen LogP) is 2.48. The van der Waals surface area contributed by atoms with E-state index in [1.807, 2.05) is 0 Å². The second-order valence-corrected chi connectivity index (χ2v) is 5.09. The summed E-state index contributed by atoms with van der Waals surface area (Å²) in [6.45, 7) is 0. The van der Waals surface area contributed by atoms with Crippen LogP contribution in [0.4, 0.5) is 0 Å². The number of carboxylic acids is 1. The van der Waals surface area contributed by atoms with Crippen molar-refractivity contribution in [2.45, 2.75) is 11.3 Å². The van der Waals surface area contributed by atoms with E-state index >= 15 is 0 Å². The highest BCUT2D eigenvalue weighted by atomic mass is 35.5. The highest BCUT2D eigenvalue weighted by Gasteiger charge is 2.41. The number of aliphatic carboxylic acids is 1. The number of amides is 1. The van der Waals surface area contributed by atoms with Crippen molar-refractivity contribution in [3.05, 3.63) is 47.0 Å². The lowest BCUT2D eigenvalue weighted by molar-refractivity contribution is -0.137. The maximum atomic E-state index is 11.3. The fourth-order valence-electron chi connectivity index (χ4n) is 1.74. The Morgan fingerprint density at radius 3 is 2.79 bits per heavy atom. The number of nitrogens with zero attached hydrogens (tertiary/aromatic N) is 1. The topological polar surface area (TPSA) is 66.7 Å². The quantitative estimate of drug-likeness (QED) is 0.872. The second-order valence-electron chi connectivity index (χ2n) is 4.05. The van der Waals surface area contributed by atoms with Crippen LogP contribution < -0.4 is 0 Å². The second kappa shape index (κ2) is 5.15. The van der Waals surface area contributed by atoms with Gasteiger partial charge in [0, 0.05) is 17.5 Å². The molecule has 0 bridgehead atoms. The fourth-order valence-corrected chi connectivity index (χ4v) is 2.12. The Morgan fingerprint density at radius 1 is 1.42 bits per heavy atom. The van der Waals surface area contributed by atoms with Gasteiger partial charge in [0.2, 0.25) is 0 Å². The molecule has 0 radical (unpaired) electrons. The molecule has 19 heavy (non-hydrogen) atoms. The summed E-state index contributed by atoms with van der Waals surface area (Å²) in [5, 5.41) is 9.71. The summed E-state index contributed by atoms with van der Waals surface area (Å²) in [5.74, 6) is -1.78. The summed E-state index contributed by atoms with van der Waals surface area (Å²) >= 11 is 11.9. The average molecular weight is 298 g/mol. The minimum absolute atomic E-state index is 0.0800. The Kier molecular flexibility index (Phi) is 3.73. The Bertz CT molecular complexity index is 610. The molecule has 1 N–H and O–H groups in total. The molecule has 0 saturated heterocycles. The van der Waals surface area contributed by atoms with E-state index in [4.69, 9.17) is 23.2 Å².